The smallest absolute Gasteiger partial charge is 0.343 e. The van der Waals surface area contributed by atoms with Crippen molar-refractivity contribution in [3.05, 3.63) is 83.4 Å². The fourth-order valence-corrected chi connectivity index (χ4v) is 2.51. The van der Waals surface area contributed by atoms with E-state index in [9.17, 15) is 19.8 Å². The molecule has 0 saturated carbocycles. The molecule has 0 spiro atoms. The number of methoxy groups -OCH3 is 1. The number of hydrogen-bond donors (Lipinski definition) is 3. The molecule has 0 aliphatic heterocycles. The van der Waals surface area contributed by atoms with Gasteiger partial charge >= 0.3 is 5.97 Å². The van der Waals surface area contributed by atoms with Crippen LogP contribution in [0.2, 0.25) is 0 Å². The van der Waals surface area contributed by atoms with Crippen LogP contribution in [0.15, 0.2) is 71.8 Å². The summed E-state index contributed by atoms with van der Waals surface area (Å²) in [5, 5.41) is 22.7. The van der Waals surface area contributed by atoms with Gasteiger partial charge in [-0.2, -0.15) is 5.10 Å². The van der Waals surface area contributed by atoms with Gasteiger partial charge in [0, 0.05) is 11.6 Å². The Morgan fingerprint density at radius 3 is 2.27 bits per heavy atom. The second-order valence-corrected chi connectivity index (χ2v) is 6.13. The van der Waals surface area contributed by atoms with Crippen molar-refractivity contribution in [2.45, 2.75) is 0 Å². The number of amides is 1. The topological polar surface area (TPSA) is 117 Å². The summed E-state index contributed by atoms with van der Waals surface area (Å²) in [5.41, 5.74) is 3.29. The van der Waals surface area contributed by atoms with Gasteiger partial charge < -0.3 is 19.7 Å². The van der Waals surface area contributed by atoms with E-state index < -0.39 is 11.9 Å². The quantitative estimate of drug-likeness (QED) is 0.251. The maximum atomic E-state index is 12.2. The zero-order valence-electron chi connectivity index (χ0n) is 15.9. The maximum Gasteiger partial charge on any atom is 0.343 e. The number of carbonyl (C=O) groups is 2. The van der Waals surface area contributed by atoms with Crippen molar-refractivity contribution in [1.82, 2.24) is 5.43 Å². The van der Waals surface area contributed by atoms with Gasteiger partial charge in [0.1, 0.15) is 23.0 Å². The number of nitrogens with one attached hydrogen (secondary N) is 1. The van der Waals surface area contributed by atoms with Gasteiger partial charge in [0.05, 0.1) is 18.9 Å². The SMILES string of the molecule is COc1ccc(C(=O)Oc2cccc(C=NNC(=O)c3cc(O)cc(O)c3)c2)cc1. The third-order valence-corrected chi connectivity index (χ3v) is 3.94. The van der Waals surface area contributed by atoms with Crippen LogP contribution < -0.4 is 14.9 Å². The van der Waals surface area contributed by atoms with Crippen molar-refractivity contribution in [2.75, 3.05) is 7.11 Å². The zero-order valence-corrected chi connectivity index (χ0v) is 15.9. The molecule has 152 valence electrons. The lowest BCUT2D eigenvalue weighted by atomic mass is 10.2. The minimum absolute atomic E-state index is 0.0480. The first-order chi connectivity index (χ1) is 14.4. The highest BCUT2D eigenvalue weighted by atomic mass is 16.5. The van der Waals surface area contributed by atoms with Crippen LogP contribution in [0.4, 0.5) is 0 Å². The molecule has 0 aromatic heterocycles. The van der Waals surface area contributed by atoms with E-state index in [0.29, 0.717) is 22.6 Å². The van der Waals surface area contributed by atoms with Crippen LogP contribution in [-0.2, 0) is 0 Å². The summed E-state index contributed by atoms with van der Waals surface area (Å²) in [6, 6.07) is 16.6. The van der Waals surface area contributed by atoms with Crippen molar-refractivity contribution < 1.29 is 29.3 Å². The van der Waals surface area contributed by atoms with Crippen LogP contribution in [0.5, 0.6) is 23.0 Å². The number of esters is 1. The van der Waals surface area contributed by atoms with Gasteiger partial charge in [0.25, 0.3) is 5.91 Å². The second-order valence-electron chi connectivity index (χ2n) is 6.13. The molecule has 3 rings (SSSR count). The normalized spacial score (nSPS) is 10.6. The van der Waals surface area contributed by atoms with Crippen molar-refractivity contribution in [3.8, 4) is 23.0 Å². The highest BCUT2D eigenvalue weighted by molar-refractivity contribution is 5.95. The van der Waals surface area contributed by atoms with E-state index >= 15 is 0 Å². The van der Waals surface area contributed by atoms with Crippen molar-refractivity contribution in [3.63, 3.8) is 0 Å². The lowest BCUT2D eigenvalue weighted by Crippen LogP contribution is -2.17. The Morgan fingerprint density at radius 1 is 0.900 bits per heavy atom. The molecule has 8 heteroatoms. The van der Waals surface area contributed by atoms with Gasteiger partial charge in [-0.15, -0.1) is 0 Å². The number of ether oxygens (including phenoxy) is 2. The van der Waals surface area contributed by atoms with E-state index in [1.165, 1.54) is 25.5 Å². The average Bonchev–Trinajstić information content (AvgIpc) is 2.73. The third kappa shape index (κ3) is 5.35. The van der Waals surface area contributed by atoms with Crippen LogP contribution >= 0.6 is 0 Å². The fraction of sp³-hybridized carbons (Fsp3) is 0.0455. The van der Waals surface area contributed by atoms with Crippen molar-refractivity contribution >= 4 is 18.1 Å². The largest absolute Gasteiger partial charge is 0.508 e. The summed E-state index contributed by atoms with van der Waals surface area (Å²) in [5.74, 6) is -0.675. The van der Waals surface area contributed by atoms with Crippen LogP contribution in [0.3, 0.4) is 0 Å². The molecule has 3 aromatic rings. The number of hydrogen-bond acceptors (Lipinski definition) is 7. The van der Waals surface area contributed by atoms with E-state index in [4.69, 9.17) is 9.47 Å². The molecule has 30 heavy (non-hydrogen) atoms. The highest BCUT2D eigenvalue weighted by Crippen LogP contribution is 2.20. The van der Waals surface area contributed by atoms with Gasteiger partial charge in [-0.1, -0.05) is 12.1 Å². The van der Waals surface area contributed by atoms with E-state index in [1.54, 1.807) is 48.5 Å². The number of hydrazone groups is 1. The first-order valence-electron chi connectivity index (χ1n) is 8.77. The summed E-state index contributed by atoms with van der Waals surface area (Å²) in [7, 11) is 1.54. The van der Waals surface area contributed by atoms with Crippen LogP contribution in [0.1, 0.15) is 26.3 Å². The summed E-state index contributed by atoms with van der Waals surface area (Å²) in [6.07, 6.45) is 1.37. The molecule has 0 aliphatic rings. The summed E-state index contributed by atoms with van der Waals surface area (Å²) in [4.78, 5) is 24.3. The Hall–Kier alpha value is -4.33. The van der Waals surface area contributed by atoms with E-state index in [2.05, 4.69) is 10.5 Å². The Labute approximate surface area is 172 Å². The predicted molar refractivity (Wildman–Crippen MR) is 109 cm³/mol. The molecule has 0 unspecified atom stereocenters. The van der Waals surface area contributed by atoms with E-state index in [1.807, 2.05) is 0 Å². The predicted octanol–water partition coefficient (Wildman–Crippen LogP) is 3.09. The molecule has 0 aliphatic carbocycles. The Balaban J connectivity index is 1.63. The molecule has 0 atom stereocenters. The highest BCUT2D eigenvalue weighted by Gasteiger charge is 2.10. The van der Waals surface area contributed by atoms with Crippen LogP contribution in [-0.4, -0.2) is 35.4 Å². The summed E-state index contributed by atoms with van der Waals surface area (Å²) < 4.78 is 10.4. The second kappa shape index (κ2) is 9.24. The van der Waals surface area contributed by atoms with Gasteiger partial charge in [-0.05, 0) is 54.1 Å². The first-order valence-corrected chi connectivity index (χ1v) is 8.77. The molecule has 0 bridgehead atoms. The zero-order chi connectivity index (χ0) is 21.5. The molecular weight excluding hydrogens is 388 g/mol. The lowest BCUT2D eigenvalue weighted by Gasteiger charge is -2.06. The molecule has 0 fully saturated rings. The molecule has 0 saturated heterocycles. The van der Waals surface area contributed by atoms with Crippen molar-refractivity contribution in [1.29, 1.82) is 0 Å². The van der Waals surface area contributed by atoms with Gasteiger partial charge in [-0.25, -0.2) is 10.2 Å². The summed E-state index contributed by atoms with van der Waals surface area (Å²) in [6.45, 7) is 0. The fourth-order valence-electron chi connectivity index (χ4n) is 2.51. The van der Waals surface area contributed by atoms with E-state index in [-0.39, 0.29) is 17.1 Å². The van der Waals surface area contributed by atoms with Crippen molar-refractivity contribution in [2.24, 2.45) is 5.10 Å². The molecule has 0 radical (unpaired) electrons. The molecule has 0 heterocycles. The number of benzene rings is 3. The molecule has 8 nitrogen and oxygen atoms in total. The third-order valence-electron chi connectivity index (χ3n) is 3.94. The number of phenols is 2. The molecule has 1 amide bonds. The number of carbonyl (C=O) groups excluding carboxylic acids is 2. The molecule has 3 N–H and O–H groups in total. The van der Waals surface area contributed by atoms with Gasteiger partial charge in [0.15, 0.2) is 0 Å². The Morgan fingerprint density at radius 2 is 1.60 bits per heavy atom. The first kappa shape index (κ1) is 20.4. The van der Waals surface area contributed by atoms with Gasteiger partial charge in [0.2, 0.25) is 0 Å². The number of phenolic OH excluding ortho intramolecular Hbond substituents is 2. The standard InChI is InChI=1S/C22H18N2O6/c1-29-19-7-5-15(6-8-19)22(28)30-20-4-2-3-14(9-20)13-23-24-21(27)16-10-17(25)12-18(26)11-16/h2-13,25-26H,1H3,(H,24,27). The van der Waals surface area contributed by atoms with E-state index in [0.717, 1.165) is 6.07 Å². The lowest BCUT2D eigenvalue weighted by molar-refractivity contribution is 0.0734. The summed E-state index contributed by atoms with van der Waals surface area (Å²) >= 11 is 0. The van der Waals surface area contributed by atoms with Crippen LogP contribution in [0, 0.1) is 0 Å². The minimum atomic E-state index is -0.612. The number of aromatic hydroxyl groups is 2. The van der Waals surface area contributed by atoms with Gasteiger partial charge in [-0.3, -0.25) is 4.79 Å². The van der Waals surface area contributed by atoms with Crippen LogP contribution in [0.25, 0.3) is 0 Å². The number of nitrogens with zero attached hydrogens (tertiary/aromatic N) is 1. The number of rotatable bonds is 6. The average molecular weight is 406 g/mol. The Kier molecular flexibility index (Phi) is 6.29. The maximum absolute atomic E-state index is 12.2. The minimum Gasteiger partial charge on any atom is -0.508 e. The Bertz CT molecular complexity index is 1070. The molecule has 3 aromatic carbocycles. The molecular formula is C22H18N2O6. The monoisotopic (exact) mass is 406 g/mol.